The number of hydrogen-bond acceptors (Lipinski definition) is 3. The second kappa shape index (κ2) is 4.36. The van der Waals surface area contributed by atoms with Crippen LogP contribution in [0.4, 0.5) is 0 Å². The highest BCUT2D eigenvalue weighted by atomic mass is 79.9. The third-order valence-corrected chi connectivity index (χ3v) is 7.01. The standard InChI is InChI=1S/C17H25BrN2O/c1-15-5-11-6-16(2,8-15)10-17(7-11,9-15)14(20-19)13-12(18)3-4-21-13/h3-4,11,14,20H,5-10,19H2,1-2H3. The predicted molar refractivity (Wildman–Crippen MR) is 86.3 cm³/mol. The Morgan fingerprint density at radius 2 is 1.90 bits per heavy atom. The van der Waals surface area contributed by atoms with Gasteiger partial charge in [0.05, 0.1) is 16.8 Å². The third-order valence-electron chi connectivity index (χ3n) is 6.36. The Labute approximate surface area is 135 Å². The van der Waals surface area contributed by atoms with Crippen molar-refractivity contribution in [3.05, 3.63) is 22.6 Å². The van der Waals surface area contributed by atoms with E-state index in [1.807, 2.05) is 6.07 Å². The van der Waals surface area contributed by atoms with Gasteiger partial charge in [0.15, 0.2) is 0 Å². The molecule has 0 aliphatic heterocycles. The van der Waals surface area contributed by atoms with Crippen LogP contribution < -0.4 is 11.3 Å². The molecule has 4 bridgehead atoms. The summed E-state index contributed by atoms with van der Waals surface area (Å²) >= 11 is 3.62. The molecular weight excluding hydrogens is 328 g/mol. The lowest BCUT2D eigenvalue weighted by Gasteiger charge is -2.66. The minimum Gasteiger partial charge on any atom is -0.466 e. The lowest BCUT2D eigenvalue weighted by atomic mass is 9.39. The first-order valence-electron chi connectivity index (χ1n) is 8.06. The van der Waals surface area contributed by atoms with Gasteiger partial charge in [-0.15, -0.1) is 0 Å². The summed E-state index contributed by atoms with van der Waals surface area (Å²) in [5.41, 5.74) is 4.34. The van der Waals surface area contributed by atoms with E-state index in [-0.39, 0.29) is 11.5 Å². The number of hydrazine groups is 1. The molecule has 1 aromatic rings. The molecule has 0 aromatic carbocycles. The quantitative estimate of drug-likeness (QED) is 0.619. The van der Waals surface area contributed by atoms with Crippen molar-refractivity contribution in [1.29, 1.82) is 0 Å². The van der Waals surface area contributed by atoms with E-state index in [0.29, 0.717) is 10.8 Å². The average molecular weight is 353 g/mol. The van der Waals surface area contributed by atoms with Gasteiger partial charge in [-0.1, -0.05) is 13.8 Å². The SMILES string of the molecule is CC12CC3CC(C)(C1)CC(C(NN)c1occc1Br)(C3)C2. The molecule has 21 heavy (non-hydrogen) atoms. The van der Waals surface area contributed by atoms with Crippen molar-refractivity contribution >= 4 is 15.9 Å². The van der Waals surface area contributed by atoms with Crippen molar-refractivity contribution in [1.82, 2.24) is 5.43 Å². The van der Waals surface area contributed by atoms with Crippen molar-refractivity contribution in [2.45, 2.75) is 58.4 Å². The van der Waals surface area contributed by atoms with Crippen LogP contribution in [-0.2, 0) is 0 Å². The molecular formula is C17H25BrN2O. The highest BCUT2D eigenvalue weighted by Crippen LogP contribution is 2.72. The van der Waals surface area contributed by atoms with Crippen molar-refractivity contribution in [2.24, 2.45) is 28.0 Å². The van der Waals surface area contributed by atoms with Crippen LogP contribution in [0.25, 0.3) is 0 Å². The largest absolute Gasteiger partial charge is 0.466 e. The number of rotatable bonds is 3. The van der Waals surface area contributed by atoms with E-state index in [2.05, 4.69) is 35.2 Å². The summed E-state index contributed by atoms with van der Waals surface area (Å²) < 4.78 is 6.82. The first-order valence-corrected chi connectivity index (χ1v) is 8.86. The summed E-state index contributed by atoms with van der Waals surface area (Å²) in [4.78, 5) is 0. The molecule has 1 heterocycles. The summed E-state index contributed by atoms with van der Waals surface area (Å²) in [7, 11) is 0. The number of halogens is 1. The summed E-state index contributed by atoms with van der Waals surface area (Å²) in [6.07, 6.45) is 9.78. The van der Waals surface area contributed by atoms with Crippen LogP contribution in [0.5, 0.6) is 0 Å². The zero-order valence-corrected chi connectivity index (χ0v) is 14.5. The maximum absolute atomic E-state index is 6.01. The van der Waals surface area contributed by atoms with Crippen molar-refractivity contribution in [2.75, 3.05) is 0 Å². The van der Waals surface area contributed by atoms with Gasteiger partial charge in [-0.05, 0) is 82.7 Å². The van der Waals surface area contributed by atoms with Crippen molar-refractivity contribution < 1.29 is 4.42 Å². The Bertz CT molecular complexity index is 551. The van der Waals surface area contributed by atoms with E-state index in [1.54, 1.807) is 6.26 Å². The molecule has 3 unspecified atom stereocenters. The number of hydrogen-bond donors (Lipinski definition) is 2. The molecule has 3 atom stereocenters. The highest BCUT2D eigenvalue weighted by Gasteiger charge is 2.62. The van der Waals surface area contributed by atoms with Crippen LogP contribution in [0.3, 0.4) is 0 Å². The van der Waals surface area contributed by atoms with Crippen LogP contribution in [0.15, 0.2) is 21.2 Å². The maximum Gasteiger partial charge on any atom is 0.136 e. The molecule has 4 saturated carbocycles. The highest BCUT2D eigenvalue weighted by molar-refractivity contribution is 9.10. The van der Waals surface area contributed by atoms with Crippen LogP contribution >= 0.6 is 15.9 Å². The lowest BCUT2D eigenvalue weighted by molar-refractivity contribution is -0.161. The Balaban J connectivity index is 1.78. The Kier molecular flexibility index (Phi) is 2.97. The van der Waals surface area contributed by atoms with E-state index in [1.165, 1.54) is 38.5 Å². The molecule has 116 valence electrons. The summed E-state index contributed by atoms with van der Waals surface area (Å²) in [6.45, 7) is 4.99. The first-order chi connectivity index (χ1) is 9.87. The van der Waals surface area contributed by atoms with Gasteiger partial charge in [0, 0.05) is 0 Å². The van der Waals surface area contributed by atoms with Crippen LogP contribution in [0.2, 0.25) is 0 Å². The van der Waals surface area contributed by atoms with E-state index in [0.717, 1.165) is 16.2 Å². The smallest absolute Gasteiger partial charge is 0.136 e. The third kappa shape index (κ3) is 2.06. The van der Waals surface area contributed by atoms with Gasteiger partial charge >= 0.3 is 0 Å². The molecule has 4 heteroatoms. The molecule has 0 amide bonds. The van der Waals surface area contributed by atoms with E-state index in [9.17, 15) is 0 Å². The van der Waals surface area contributed by atoms with Gasteiger partial charge in [-0.3, -0.25) is 5.84 Å². The van der Waals surface area contributed by atoms with Gasteiger partial charge in [0.1, 0.15) is 5.76 Å². The molecule has 0 radical (unpaired) electrons. The van der Waals surface area contributed by atoms with Crippen molar-refractivity contribution in [3.8, 4) is 0 Å². The molecule has 1 aromatic heterocycles. The summed E-state index contributed by atoms with van der Waals surface area (Å²) in [5.74, 6) is 7.85. The monoisotopic (exact) mass is 352 g/mol. The Hall–Kier alpha value is -0.320. The normalized spacial score (nSPS) is 46.0. The molecule has 3 N–H and O–H groups in total. The maximum atomic E-state index is 6.01. The van der Waals surface area contributed by atoms with E-state index in [4.69, 9.17) is 10.3 Å². The molecule has 5 rings (SSSR count). The zero-order valence-electron chi connectivity index (χ0n) is 12.9. The van der Waals surface area contributed by atoms with Crippen molar-refractivity contribution in [3.63, 3.8) is 0 Å². The van der Waals surface area contributed by atoms with Crippen LogP contribution in [-0.4, -0.2) is 0 Å². The lowest BCUT2D eigenvalue weighted by Crippen LogP contribution is -2.59. The minimum absolute atomic E-state index is 0.115. The number of furan rings is 1. The Morgan fingerprint density at radius 3 is 2.38 bits per heavy atom. The van der Waals surface area contributed by atoms with Gasteiger partial charge in [0.2, 0.25) is 0 Å². The molecule has 0 spiro atoms. The average Bonchev–Trinajstić information content (AvgIpc) is 2.71. The minimum atomic E-state index is 0.115. The van der Waals surface area contributed by atoms with Gasteiger partial charge in [-0.25, -0.2) is 5.43 Å². The van der Waals surface area contributed by atoms with Crippen LogP contribution in [0.1, 0.15) is 64.2 Å². The Morgan fingerprint density at radius 1 is 1.24 bits per heavy atom. The number of nitrogens with one attached hydrogen (secondary N) is 1. The zero-order chi connectivity index (χ0) is 14.9. The topological polar surface area (TPSA) is 51.2 Å². The fourth-order valence-corrected chi connectivity index (χ4v) is 7.33. The van der Waals surface area contributed by atoms with Gasteiger partial charge in [-0.2, -0.15) is 0 Å². The molecule has 4 aliphatic rings. The second-order valence-electron chi connectivity index (χ2n) is 8.72. The van der Waals surface area contributed by atoms with E-state index >= 15 is 0 Å². The number of nitrogens with two attached hydrogens (primary N) is 1. The molecule has 3 nitrogen and oxygen atoms in total. The predicted octanol–water partition coefficient (Wildman–Crippen LogP) is 4.54. The first kappa shape index (κ1) is 14.3. The second-order valence-corrected chi connectivity index (χ2v) is 9.58. The molecule has 0 saturated heterocycles. The summed E-state index contributed by atoms with van der Waals surface area (Å²) in [6, 6.07) is 2.09. The fraction of sp³-hybridized carbons (Fsp3) is 0.765. The molecule has 4 fully saturated rings. The molecule has 4 aliphatic carbocycles. The van der Waals surface area contributed by atoms with Crippen LogP contribution in [0, 0.1) is 22.2 Å². The van der Waals surface area contributed by atoms with Gasteiger partial charge < -0.3 is 4.42 Å². The van der Waals surface area contributed by atoms with E-state index < -0.39 is 0 Å². The fourth-order valence-electron chi connectivity index (χ4n) is 6.90. The summed E-state index contributed by atoms with van der Waals surface area (Å²) in [5, 5.41) is 0. The van der Waals surface area contributed by atoms with Gasteiger partial charge in [0.25, 0.3) is 0 Å².